The molecule has 0 aromatic carbocycles. The summed E-state index contributed by atoms with van der Waals surface area (Å²) in [7, 11) is 0. The number of hydrogen-bond acceptors (Lipinski definition) is 0. The van der Waals surface area contributed by atoms with Gasteiger partial charge in [-0.15, -0.1) is 43.7 Å². The average molecular weight is 386 g/mol. The van der Waals surface area contributed by atoms with Gasteiger partial charge in [0, 0.05) is 0 Å². The molecule has 23 heavy (non-hydrogen) atoms. The van der Waals surface area contributed by atoms with E-state index < -0.39 is 0 Å². The van der Waals surface area contributed by atoms with Gasteiger partial charge in [-0.1, -0.05) is 18.4 Å². The van der Waals surface area contributed by atoms with E-state index in [1.165, 1.54) is 44.1 Å². The fourth-order valence-corrected chi connectivity index (χ4v) is 3.33. The van der Waals surface area contributed by atoms with Crippen LogP contribution in [0.3, 0.4) is 0 Å². The van der Waals surface area contributed by atoms with Crippen LogP contribution in [-0.2, 0) is 26.2 Å². The molecule has 2 atom stereocenters. The van der Waals surface area contributed by atoms with Crippen LogP contribution in [0.25, 0.3) is 0 Å². The largest absolute Gasteiger partial charge is 2.00 e. The summed E-state index contributed by atoms with van der Waals surface area (Å²) in [6.45, 7) is 7.50. The molecule has 0 spiro atoms. The molecular weight excluding hydrogens is 355 g/mol. The van der Waals surface area contributed by atoms with E-state index in [1.807, 2.05) is 13.8 Å². The summed E-state index contributed by atoms with van der Waals surface area (Å²) >= 11 is 0. The molecule has 0 nitrogen and oxygen atoms in total. The van der Waals surface area contributed by atoms with Crippen LogP contribution in [0.5, 0.6) is 0 Å². The van der Waals surface area contributed by atoms with E-state index in [2.05, 4.69) is 55.9 Å². The smallest absolute Gasteiger partial charge is 0.227 e. The minimum Gasteiger partial charge on any atom is -0.227 e. The van der Waals surface area contributed by atoms with E-state index in [0.29, 0.717) is 0 Å². The van der Waals surface area contributed by atoms with Crippen molar-refractivity contribution < 1.29 is 26.2 Å². The Labute approximate surface area is 162 Å². The van der Waals surface area contributed by atoms with Crippen LogP contribution in [0.2, 0.25) is 0 Å². The summed E-state index contributed by atoms with van der Waals surface area (Å²) in [6.07, 6.45) is 26.1. The minimum atomic E-state index is 0. The maximum atomic E-state index is 3.56. The fraction of sp³-hybridized carbons (Fsp3) is 0.455. The van der Waals surface area contributed by atoms with Gasteiger partial charge >= 0.3 is 26.2 Å². The van der Waals surface area contributed by atoms with Crippen LogP contribution in [0.15, 0.2) is 59.8 Å². The van der Waals surface area contributed by atoms with E-state index in [-0.39, 0.29) is 26.2 Å². The predicted octanol–water partition coefficient (Wildman–Crippen LogP) is 6.55. The second kappa shape index (κ2) is 11.0. The molecule has 2 unspecified atom stereocenters. The van der Waals surface area contributed by atoms with E-state index in [1.54, 1.807) is 11.1 Å². The summed E-state index contributed by atoms with van der Waals surface area (Å²) in [5.41, 5.74) is 4.33. The monoisotopic (exact) mass is 384 g/mol. The fourth-order valence-electron chi connectivity index (χ4n) is 3.33. The molecule has 4 aliphatic carbocycles. The zero-order valence-corrected chi connectivity index (χ0v) is 17.2. The molecule has 0 aromatic heterocycles. The van der Waals surface area contributed by atoms with Gasteiger partial charge in [-0.05, 0) is 38.5 Å². The molecular formula is C22H30Zr. The number of fused-ring (bicyclic) bond motifs is 2. The van der Waals surface area contributed by atoms with Crippen molar-refractivity contribution in [1.29, 1.82) is 0 Å². The van der Waals surface area contributed by atoms with Gasteiger partial charge in [-0.2, -0.15) is 0 Å². The molecule has 122 valence electrons. The quantitative estimate of drug-likeness (QED) is 0.327. The van der Waals surface area contributed by atoms with Crippen molar-refractivity contribution in [3.05, 3.63) is 72.6 Å². The van der Waals surface area contributed by atoms with E-state index >= 15 is 0 Å². The molecule has 4 aliphatic rings. The maximum absolute atomic E-state index is 3.56. The van der Waals surface area contributed by atoms with Crippen LogP contribution < -0.4 is 0 Å². The zero-order valence-electron chi connectivity index (χ0n) is 14.7. The Morgan fingerprint density at radius 2 is 1.30 bits per heavy atom. The Morgan fingerprint density at radius 3 is 1.65 bits per heavy atom. The second-order valence-corrected chi connectivity index (χ2v) is 6.82. The molecule has 2 saturated carbocycles. The van der Waals surface area contributed by atoms with Crippen molar-refractivity contribution in [3.63, 3.8) is 0 Å². The van der Waals surface area contributed by atoms with Crippen molar-refractivity contribution in [3.8, 4) is 0 Å². The molecule has 0 bridgehead atoms. The molecule has 0 radical (unpaired) electrons. The van der Waals surface area contributed by atoms with Gasteiger partial charge in [-0.3, -0.25) is 0 Å². The Balaban J connectivity index is 0.000000182. The van der Waals surface area contributed by atoms with Crippen molar-refractivity contribution >= 4 is 0 Å². The Kier molecular flexibility index (Phi) is 9.72. The summed E-state index contributed by atoms with van der Waals surface area (Å²) in [5, 5.41) is 0. The van der Waals surface area contributed by atoms with E-state index in [4.69, 9.17) is 0 Å². The molecule has 0 heterocycles. The molecule has 0 aliphatic heterocycles. The topological polar surface area (TPSA) is 0 Å². The first-order valence-corrected chi connectivity index (χ1v) is 8.68. The standard InChI is InChI=1S/2C9H11.C4H8.Zr/c2*1-2-5-9-7-3-6-8(9)4-1;1-4(2)3;/h2*1-2,4,6,9H,3,5,7H2;1H2,2-3H3;/q2*-1;;+2. The molecule has 0 aromatic rings. The minimum absolute atomic E-state index is 0. The van der Waals surface area contributed by atoms with Gasteiger partial charge in [0.05, 0.1) is 0 Å². The zero-order chi connectivity index (χ0) is 15.8. The van der Waals surface area contributed by atoms with Crippen molar-refractivity contribution in [2.45, 2.75) is 52.4 Å². The van der Waals surface area contributed by atoms with Gasteiger partial charge in [0.1, 0.15) is 0 Å². The normalized spacial score (nSPS) is 25.5. The Bertz CT molecular complexity index is 446. The van der Waals surface area contributed by atoms with Crippen LogP contribution in [0.1, 0.15) is 52.4 Å². The van der Waals surface area contributed by atoms with Gasteiger partial charge in [0.2, 0.25) is 0 Å². The van der Waals surface area contributed by atoms with Gasteiger partial charge < -0.3 is 0 Å². The number of allylic oxidation sites excluding steroid dienone is 9. The van der Waals surface area contributed by atoms with E-state index in [0.717, 1.165) is 11.8 Å². The first-order valence-electron chi connectivity index (χ1n) is 8.68. The number of rotatable bonds is 0. The summed E-state index contributed by atoms with van der Waals surface area (Å²) in [6, 6.07) is 0. The molecule has 4 rings (SSSR count). The summed E-state index contributed by atoms with van der Waals surface area (Å²) in [4.78, 5) is 0. The van der Waals surface area contributed by atoms with Crippen molar-refractivity contribution in [2.24, 2.45) is 11.8 Å². The van der Waals surface area contributed by atoms with Crippen molar-refractivity contribution in [2.75, 3.05) is 0 Å². The van der Waals surface area contributed by atoms with Gasteiger partial charge in [0.15, 0.2) is 0 Å². The first-order chi connectivity index (χ1) is 10.7. The molecule has 0 N–H and O–H groups in total. The van der Waals surface area contributed by atoms with Crippen LogP contribution in [-0.4, -0.2) is 0 Å². The Hall–Kier alpha value is -0.677. The summed E-state index contributed by atoms with van der Waals surface area (Å²) in [5.74, 6) is 1.77. The molecule has 0 saturated heterocycles. The van der Waals surface area contributed by atoms with Crippen LogP contribution in [0.4, 0.5) is 0 Å². The van der Waals surface area contributed by atoms with E-state index in [9.17, 15) is 0 Å². The second-order valence-electron chi connectivity index (χ2n) is 6.82. The molecule has 2 fully saturated rings. The van der Waals surface area contributed by atoms with Crippen LogP contribution >= 0.6 is 0 Å². The predicted molar refractivity (Wildman–Crippen MR) is 98.2 cm³/mol. The first kappa shape index (κ1) is 20.4. The SMILES string of the molecule is C1=CCC2CC[CH-]C2=C1.C1=CCC2CC[CH-]C2=C1.C=C(C)C.[Zr+2]. The average Bonchev–Trinajstić information content (AvgIpc) is 3.16. The van der Waals surface area contributed by atoms with Crippen molar-refractivity contribution in [1.82, 2.24) is 0 Å². The summed E-state index contributed by atoms with van der Waals surface area (Å²) < 4.78 is 0. The Morgan fingerprint density at radius 1 is 0.913 bits per heavy atom. The third-order valence-corrected chi connectivity index (χ3v) is 4.42. The maximum Gasteiger partial charge on any atom is 2.00 e. The third kappa shape index (κ3) is 7.17. The van der Waals surface area contributed by atoms with Gasteiger partial charge in [0.25, 0.3) is 0 Å². The number of hydrogen-bond donors (Lipinski definition) is 0. The molecule has 1 heteroatoms. The van der Waals surface area contributed by atoms with Crippen LogP contribution in [0, 0.1) is 24.7 Å². The van der Waals surface area contributed by atoms with Gasteiger partial charge in [-0.25, -0.2) is 36.1 Å². The third-order valence-electron chi connectivity index (χ3n) is 4.42. The molecule has 0 amide bonds.